The number of hydrogen-bond acceptors (Lipinski definition) is 9. The van der Waals surface area contributed by atoms with Gasteiger partial charge in [-0.2, -0.15) is 4.98 Å². The zero-order chi connectivity index (χ0) is 26.5. The van der Waals surface area contributed by atoms with E-state index in [0.29, 0.717) is 11.4 Å². The number of nitrogens with zero attached hydrogens (tertiary/aromatic N) is 2. The molecule has 12 heteroatoms. The van der Waals surface area contributed by atoms with Gasteiger partial charge >= 0.3 is 6.09 Å². The molecule has 2 aromatic rings. The molecular formula is C24H34N4O7S. The maximum absolute atomic E-state index is 13.2. The van der Waals surface area contributed by atoms with E-state index >= 15 is 0 Å². The quantitative estimate of drug-likeness (QED) is 0.402. The van der Waals surface area contributed by atoms with E-state index in [0.717, 1.165) is 12.8 Å². The summed E-state index contributed by atoms with van der Waals surface area (Å²) in [6.45, 7) is 6.68. The van der Waals surface area contributed by atoms with Gasteiger partial charge in [0.1, 0.15) is 11.6 Å². The fourth-order valence-corrected chi connectivity index (χ4v) is 5.07. The molecule has 0 bridgehead atoms. The molecule has 1 heterocycles. The average molecular weight is 523 g/mol. The largest absolute Gasteiger partial charge is 0.444 e. The highest BCUT2D eigenvalue weighted by atomic mass is 32.2. The third-order valence-corrected chi connectivity index (χ3v) is 7.07. The molecule has 198 valence electrons. The van der Waals surface area contributed by atoms with Crippen LogP contribution in [0.15, 0.2) is 34.9 Å². The lowest BCUT2D eigenvalue weighted by Crippen LogP contribution is -2.54. The van der Waals surface area contributed by atoms with Crippen LogP contribution in [0.1, 0.15) is 76.3 Å². The van der Waals surface area contributed by atoms with Gasteiger partial charge < -0.3 is 25.0 Å². The lowest BCUT2D eigenvalue weighted by Gasteiger charge is -2.26. The van der Waals surface area contributed by atoms with Gasteiger partial charge in [-0.05, 0) is 45.6 Å². The Morgan fingerprint density at radius 2 is 1.86 bits per heavy atom. The van der Waals surface area contributed by atoms with Crippen LogP contribution in [0.5, 0.6) is 0 Å². The minimum Gasteiger partial charge on any atom is -0.444 e. The van der Waals surface area contributed by atoms with Gasteiger partial charge in [0, 0.05) is 5.92 Å². The van der Waals surface area contributed by atoms with Crippen LogP contribution in [0.2, 0.25) is 0 Å². The van der Waals surface area contributed by atoms with Gasteiger partial charge in [-0.3, -0.25) is 4.79 Å². The van der Waals surface area contributed by atoms with Crippen LogP contribution in [0.4, 0.5) is 4.79 Å². The number of nitrogens with one attached hydrogen (secondary N) is 2. The zero-order valence-corrected chi connectivity index (χ0v) is 21.7. The number of rotatable bonds is 11. The van der Waals surface area contributed by atoms with E-state index < -0.39 is 51.4 Å². The van der Waals surface area contributed by atoms with E-state index in [1.54, 1.807) is 58.0 Å². The van der Waals surface area contributed by atoms with Crippen molar-refractivity contribution in [1.82, 2.24) is 20.8 Å². The van der Waals surface area contributed by atoms with Crippen molar-refractivity contribution in [2.75, 3.05) is 5.75 Å². The van der Waals surface area contributed by atoms with Gasteiger partial charge in [-0.25, -0.2) is 13.2 Å². The first-order chi connectivity index (χ1) is 16.9. The van der Waals surface area contributed by atoms with Crippen molar-refractivity contribution in [2.45, 2.75) is 82.4 Å². The normalized spacial score (nSPS) is 16.6. The number of ether oxygens (including phenoxy) is 1. The van der Waals surface area contributed by atoms with Gasteiger partial charge in [0.05, 0.1) is 17.5 Å². The van der Waals surface area contributed by atoms with E-state index in [2.05, 4.69) is 20.8 Å². The van der Waals surface area contributed by atoms with Gasteiger partial charge in [-0.15, -0.1) is 0 Å². The summed E-state index contributed by atoms with van der Waals surface area (Å²) in [5, 5.41) is 19.6. The number of carbonyl (C=O) groups is 2. The van der Waals surface area contributed by atoms with E-state index in [1.807, 2.05) is 0 Å². The molecule has 1 aromatic carbocycles. The second-order valence-electron chi connectivity index (χ2n) is 9.97. The van der Waals surface area contributed by atoms with Crippen LogP contribution >= 0.6 is 0 Å². The Morgan fingerprint density at radius 3 is 2.44 bits per heavy atom. The molecule has 1 aliphatic carbocycles. The highest BCUT2D eigenvalue weighted by Crippen LogP contribution is 2.38. The van der Waals surface area contributed by atoms with Crippen molar-refractivity contribution in [3.8, 4) is 0 Å². The molecule has 3 N–H and O–H groups in total. The minimum atomic E-state index is -3.82. The molecule has 1 fully saturated rings. The number of aromatic nitrogens is 2. The van der Waals surface area contributed by atoms with Crippen molar-refractivity contribution in [1.29, 1.82) is 0 Å². The second-order valence-corrected chi connectivity index (χ2v) is 12.1. The van der Waals surface area contributed by atoms with Gasteiger partial charge in [0.15, 0.2) is 21.8 Å². The van der Waals surface area contributed by atoms with Crippen LogP contribution in [-0.2, 0) is 25.1 Å². The zero-order valence-electron chi connectivity index (χ0n) is 20.9. The number of benzene rings is 1. The van der Waals surface area contributed by atoms with Crippen molar-refractivity contribution < 1.29 is 32.4 Å². The maximum atomic E-state index is 13.2. The summed E-state index contributed by atoms with van der Waals surface area (Å²) >= 11 is 0. The smallest absolute Gasteiger partial charge is 0.408 e. The molecule has 36 heavy (non-hydrogen) atoms. The number of carbonyl (C=O) groups excluding carboxylic acids is 2. The first kappa shape index (κ1) is 27.6. The first-order valence-corrected chi connectivity index (χ1v) is 13.7. The van der Waals surface area contributed by atoms with Gasteiger partial charge in [0.2, 0.25) is 5.91 Å². The topological polar surface area (TPSA) is 161 Å². The molecule has 1 saturated carbocycles. The summed E-state index contributed by atoms with van der Waals surface area (Å²) in [5.74, 6) is -1.04. The predicted octanol–water partition coefficient (Wildman–Crippen LogP) is 2.38. The van der Waals surface area contributed by atoms with Crippen LogP contribution in [0, 0.1) is 0 Å². The van der Waals surface area contributed by atoms with Crippen LogP contribution in [0.3, 0.4) is 0 Å². The summed E-state index contributed by atoms with van der Waals surface area (Å²) in [6.07, 6.45) is -0.0415. The number of sulfone groups is 1. The van der Waals surface area contributed by atoms with E-state index in [1.165, 1.54) is 0 Å². The first-order valence-electron chi connectivity index (χ1n) is 11.9. The summed E-state index contributed by atoms with van der Waals surface area (Å²) in [5.41, 5.74) is -0.299. The molecule has 0 saturated heterocycles. The molecule has 11 nitrogen and oxygen atoms in total. The Labute approximate surface area is 210 Å². The van der Waals surface area contributed by atoms with E-state index in [9.17, 15) is 23.1 Å². The fraction of sp³-hybridized carbons (Fsp3) is 0.583. The van der Waals surface area contributed by atoms with E-state index in [-0.39, 0.29) is 24.0 Å². The lowest BCUT2D eigenvalue weighted by molar-refractivity contribution is -0.124. The van der Waals surface area contributed by atoms with E-state index in [4.69, 9.17) is 9.26 Å². The molecule has 3 atom stereocenters. The molecule has 2 amide bonds. The minimum absolute atomic E-state index is 0.0302. The third-order valence-electron chi connectivity index (χ3n) is 5.46. The SMILES string of the molecule is CCC(NC(=O)[C@H](CS(=O)(=O)Cc1ccccc1)NC(=O)OC(C)(C)C)C(O)c1nc(C2CC2)no1. The van der Waals surface area contributed by atoms with Gasteiger partial charge in [0.25, 0.3) is 5.89 Å². The Kier molecular flexibility index (Phi) is 8.72. The number of hydrogen-bond donors (Lipinski definition) is 3. The Morgan fingerprint density at radius 1 is 1.19 bits per heavy atom. The number of amides is 2. The maximum Gasteiger partial charge on any atom is 0.408 e. The number of aliphatic hydroxyl groups excluding tert-OH is 1. The molecule has 0 aliphatic heterocycles. The Balaban J connectivity index is 1.74. The molecular weight excluding hydrogens is 488 g/mol. The predicted molar refractivity (Wildman–Crippen MR) is 131 cm³/mol. The lowest BCUT2D eigenvalue weighted by atomic mass is 10.1. The second kappa shape index (κ2) is 11.4. The van der Waals surface area contributed by atoms with Crippen LogP contribution in [-0.4, -0.2) is 59.1 Å². The van der Waals surface area contributed by atoms with Gasteiger partial charge in [-0.1, -0.05) is 42.4 Å². The highest BCUT2D eigenvalue weighted by molar-refractivity contribution is 7.90. The standard InChI is InChI=1S/C24H34N4O7S/c1-5-17(19(29)22-27-20(28-35-22)16-11-12-16)25-21(30)18(26-23(31)34-24(2,3)4)14-36(32,33)13-15-9-7-6-8-10-15/h6-10,16-19,29H,5,11-14H2,1-4H3,(H,25,30)(H,26,31)/t17?,18-,19?/m0/s1. The van der Waals surface area contributed by atoms with Crippen molar-refractivity contribution in [2.24, 2.45) is 0 Å². The van der Waals surface area contributed by atoms with Crippen molar-refractivity contribution in [3.05, 3.63) is 47.6 Å². The molecule has 1 aromatic heterocycles. The van der Waals surface area contributed by atoms with Crippen molar-refractivity contribution in [3.63, 3.8) is 0 Å². The Hall–Kier alpha value is -2.99. The average Bonchev–Trinajstić information content (AvgIpc) is 3.51. The number of alkyl carbamates (subject to hydrolysis) is 1. The number of aliphatic hydroxyl groups is 1. The summed E-state index contributed by atoms with van der Waals surface area (Å²) in [4.78, 5) is 29.8. The highest BCUT2D eigenvalue weighted by Gasteiger charge is 2.35. The van der Waals surface area contributed by atoms with Crippen LogP contribution in [0.25, 0.3) is 0 Å². The monoisotopic (exact) mass is 522 g/mol. The Bertz CT molecular complexity index is 1140. The molecule has 0 radical (unpaired) electrons. The fourth-order valence-electron chi connectivity index (χ4n) is 3.51. The summed E-state index contributed by atoms with van der Waals surface area (Å²) in [6, 6.07) is 6.21. The third kappa shape index (κ3) is 8.30. The summed E-state index contributed by atoms with van der Waals surface area (Å²) < 4.78 is 36.2. The van der Waals surface area contributed by atoms with Crippen LogP contribution < -0.4 is 10.6 Å². The molecule has 3 rings (SSSR count). The molecule has 1 aliphatic rings. The molecule has 2 unspecified atom stereocenters. The molecule has 0 spiro atoms. The van der Waals surface area contributed by atoms with Crippen molar-refractivity contribution >= 4 is 21.8 Å². The summed E-state index contributed by atoms with van der Waals surface area (Å²) in [7, 11) is -3.82.